The van der Waals surface area contributed by atoms with Gasteiger partial charge in [-0.2, -0.15) is 5.10 Å². The van der Waals surface area contributed by atoms with Gasteiger partial charge in [0.05, 0.1) is 28.5 Å². The number of aromatic nitrogens is 2. The molecule has 6 nitrogen and oxygen atoms in total. The molecule has 3 rings (SSSR count). The fraction of sp³-hybridized carbons (Fsp3) is 0.190. The predicted molar refractivity (Wildman–Crippen MR) is 110 cm³/mol. The second-order valence-corrected chi connectivity index (χ2v) is 7.15. The molecule has 7 heteroatoms. The fourth-order valence-electron chi connectivity index (χ4n) is 2.67. The van der Waals surface area contributed by atoms with Crippen molar-refractivity contribution in [2.24, 2.45) is 0 Å². The van der Waals surface area contributed by atoms with Gasteiger partial charge in [-0.1, -0.05) is 36.4 Å². The van der Waals surface area contributed by atoms with Gasteiger partial charge in [0.25, 0.3) is 5.91 Å². The van der Waals surface area contributed by atoms with E-state index < -0.39 is 11.9 Å². The molecule has 0 fully saturated rings. The van der Waals surface area contributed by atoms with E-state index in [1.165, 1.54) is 11.8 Å². The number of esters is 1. The molecule has 0 spiro atoms. The molecule has 144 valence electrons. The van der Waals surface area contributed by atoms with Crippen LogP contribution in [0.2, 0.25) is 0 Å². The summed E-state index contributed by atoms with van der Waals surface area (Å²) in [5, 5.41) is 7.27. The number of carbonyl (C=O) groups excluding carboxylic acids is 2. The first kappa shape index (κ1) is 19.7. The number of aryl methyl sites for hydroxylation is 1. The van der Waals surface area contributed by atoms with E-state index in [4.69, 9.17) is 4.74 Å². The van der Waals surface area contributed by atoms with E-state index in [1.807, 2.05) is 74.5 Å². The molecule has 0 aliphatic carbocycles. The van der Waals surface area contributed by atoms with E-state index in [0.29, 0.717) is 11.4 Å². The number of rotatable bonds is 7. The molecular formula is C21H21N3O3S. The van der Waals surface area contributed by atoms with Crippen molar-refractivity contribution in [1.29, 1.82) is 0 Å². The molecule has 0 saturated heterocycles. The number of benzene rings is 2. The minimum atomic E-state index is -0.433. The molecule has 1 heterocycles. The first-order valence-electron chi connectivity index (χ1n) is 8.79. The lowest BCUT2D eigenvalue weighted by atomic mass is 10.3. The number of hydrogen-bond donors (Lipinski definition) is 1. The summed E-state index contributed by atoms with van der Waals surface area (Å²) >= 11 is 1.37. The van der Waals surface area contributed by atoms with Crippen molar-refractivity contribution in [3.8, 4) is 5.69 Å². The van der Waals surface area contributed by atoms with Gasteiger partial charge in [-0.25, -0.2) is 4.68 Å². The van der Waals surface area contributed by atoms with Gasteiger partial charge in [-0.05, 0) is 38.1 Å². The van der Waals surface area contributed by atoms with Gasteiger partial charge in [0, 0.05) is 4.90 Å². The zero-order chi connectivity index (χ0) is 19.9. The molecule has 0 radical (unpaired) electrons. The lowest BCUT2D eigenvalue weighted by Gasteiger charge is -2.08. The Morgan fingerprint density at radius 3 is 2.36 bits per heavy atom. The minimum Gasteiger partial charge on any atom is -0.455 e. The van der Waals surface area contributed by atoms with Crippen LogP contribution in [0.3, 0.4) is 0 Å². The normalized spacial score (nSPS) is 10.5. The first-order chi connectivity index (χ1) is 13.5. The third kappa shape index (κ3) is 5.01. The van der Waals surface area contributed by atoms with E-state index >= 15 is 0 Å². The molecule has 0 saturated carbocycles. The van der Waals surface area contributed by atoms with Crippen molar-refractivity contribution in [2.45, 2.75) is 18.7 Å². The number of ether oxygens (including phenoxy) is 1. The van der Waals surface area contributed by atoms with Crippen molar-refractivity contribution in [3.05, 3.63) is 72.1 Å². The van der Waals surface area contributed by atoms with E-state index in [2.05, 4.69) is 10.4 Å². The van der Waals surface area contributed by atoms with Crippen LogP contribution < -0.4 is 5.32 Å². The van der Waals surface area contributed by atoms with Gasteiger partial charge in [0.2, 0.25) is 0 Å². The van der Waals surface area contributed by atoms with Crippen LogP contribution in [0.15, 0.2) is 65.6 Å². The van der Waals surface area contributed by atoms with Gasteiger partial charge < -0.3 is 10.1 Å². The number of hydrogen-bond acceptors (Lipinski definition) is 5. The Bertz CT molecular complexity index is 956. The van der Waals surface area contributed by atoms with Gasteiger partial charge in [0.15, 0.2) is 6.61 Å². The molecule has 1 aromatic heterocycles. The molecular weight excluding hydrogens is 374 g/mol. The molecule has 0 aliphatic rings. The molecule has 0 unspecified atom stereocenters. The van der Waals surface area contributed by atoms with Crippen molar-refractivity contribution in [2.75, 3.05) is 17.7 Å². The maximum atomic E-state index is 12.2. The van der Waals surface area contributed by atoms with Gasteiger partial charge in [-0.15, -0.1) is 11.8 Å². The molecule has 28 heavy (non-hydrogen) atoms. The van der Waals surface area contributed by atoms with Crippen LogP contribution in [-0.2, 0) is 14.3 Å². The van der Waals surface area contributed by atoms with Crippen molar-refractivity contribution in [3.63, 3.8) is 0 Å². The lowest BCUT2D eigenvalue weighted by molar-refractivity contribution is -0.144. The van der Waals surface area contributed by atoms with Crippen molar-refractivity contribution >= 4 is 29.3 Å². The second-order valence-electron chi connectivity index (χ2n) is 6.10. The highest BCUT2D eigenvalue weighted by Crippen LogP contribution is 2.22. The van der Waals surface area contributed by atoms with Crippen molar-refractivity contribution in [1.82, 2.24) is 9.78 Å². The molecule has 1 N–H and O–H groups in total. The fourth-order valence-corrected chi connectivity index (χ4v) is 3.38. The summed E-state index contributed by atoms with van der Waals surface area (Å²) in [7, 11) is 0. The standard InChI is InChI=1S/C21H21N3O3S/c1-15-21(16(2)24(23-15)17-9-5-3-6-10-17)22-19(25)13-27-20(26)14-28-18-11-7-4-8-12-18/h3-12H,13-14H2,1-2H3,(H,22,25). The van der Waals surface area contributed by atoms with E-state index in [1.54, 1.807) is 4.68 Å². The molecule has 1 amide bonds. The van der Waals surface area contributed by atoms with Crippen molar-refractivity contribution < 1.29 is 14.3 Å². The number of amides is 1. The first-order valence-corrected chi connectivity index (χ1v) is 9.78. The molecule has 0 bridgehead atoms. The maximum absolute atomic E-state index is 12.2. The number of carbonyl (C=O) groups is 2. The highest BCUT2D eigenvalue weighted by atomic mass is 32.2. The number of nitrogens with one attached hydrogen (secondary N) is 1. The minimum absolute atomic E-state index is 0.154. The summed E-state index contributed by atoms with van der Waals surface area (Å²) in [6, 6.07) is 19.2. The zero-order valence-electron chi connectivity index (χ0n) is 15.7. The van der Waals surface area contributed by atoms with Crippen LogP contribution >= 0.6 is 11.8 Å². The second kappa shape index (κ2) is 9.23. The van der Waals surface area contributed by atoms with Gasteiger partial charge in [-0.3, -0.25) is 9.59 Å². The Hall–Kier alpha value is -3.06. The monoisotopic (exact) mass is 395 g/mol. The van der Waals surface area contributed by atoms with Crippen LogP contribution in [0, 0.1) is 13.8 Å². The quantitative estimate of drug-likeness (QED) is 0.487. The Labute approximate surface area is 167 Å². The van der Waals surface area contributed by atoms with E-state index in [0.717, 1.165) is 16.3 Å². The Morgan fingerprint density at radius 1 is 1.04 bits per heavy atom. The summed E-state index contributed by atoms with van der Waals surface area (Å²) in [5.41, 5.74) is 3.04. The van der Waals surface area contributed by atoms with Crippen LogP contribution in [0.4, 0.5) is 5.69 Å². The van der Waals surface area contributed by atoms with Gasteiger partial charge in [0.1, 0.15) is 0 Å². The molecule has 0 aliphatic heterocycles. The number of para-hydroxylation sites is 1. The Kier molecular flexibility index (Phi) is 6.49. The van der Waals surface area contributed by atoms with E-state index in [9.17, 15) is 9.59 Å². The number of thioether (sulfide) groups is 1. The summed E-state index contributed by atoms with van der Waals surface area (Å²) in [5.74, 6) is -0.671. The summed E-state index contributed by atoms with van der Waals surface area (Å²) in [6.07, 6.45) is 0. The highest BCUT2D eigenvalue weighted by molar-refractivity contribution is 8.00. The third-order valence-corrected chi connectivity index (χ3v) is 5.01. The van der Waals surface area contributed by atoms with Crippen LogP contribution in [0.1, 0.15) is 11.4 Å². The SMILES string of the molecule is Cc1nn(-c2ccccc2)c(C)c1NC(=O)COC(=O)CSc1ccccc1. The smallest absolute Gasteiger partial charge is 0.316 e. The molecule has 3 aromatic rings. The zero-order valence-corrected chi connectivity index (χ0v) is 16.5. The lowest BCUT2D eigenvalue weighted by Crippen LogP contribution is -2.22. The number of nitrogens with zero attached hydrogens (tertiary/aromatic N) is 2. The Morgan fingerprint density at radius 2 is 1.68 bits per heavy atom. The van der Waals surface area contributed by atoms with Crippen LogP contribution in [0.5, 0.6) is 0 Å². The van der Waals surface area contributed by atoms with Crippen LogP contribution in [-0.4, -0.2) is 34.0 Å². The predicted octanol–water partition coefficient (Wildman–Crippen LogP) is 3.76. The third-order valence-electron chi connectivity index (χ3n) is 4.02. The number of anilines is 1. The Balaban J connectivity index is 1.54. The average Bonchev–Trinajstić information content (AvgIpc) is 3.00. The average molecular weight is 395 g/mol. The summed E-state index contributed by atoms with van der Waals surface area (Å²) < 4.78 is 6.84. The molecule has 0 atom stereocenters. The summed E-state index contributed by atoms with van der Waals surface area (Å²) in [6.45, 7) is 3.37. The summed E-state index contributed by atoms with van der Waals surface area (Å²) in [4.78, 5) is 25.0. The van der Waals surface area contributed by atoms with Crippen LogP contribution in [0.25, 0.3) is 5.69 Å². The topological polar surface area (TPSA) is 73.2 Å². The largest absolute Gasteiger partial charge is 0.455 e. The molecule has 2 aromatic carbocycles. The highest BCUT2D eigenvalue weighted by Gasteiger charge is 2.16. The maximum Gasteiger partial charge on any atom is 0.316 e. The van der Waals surface area contributed by atoms with Gasteiger partial charge >= 0.3 is 5.97 Å². The van der Waals surface area contributed by atoms with E-state index in [-0.39, 0.29) is 12.4 Å².